The second kappa shape index (κ2) is 17.4. The summed E-state index contributed by atoms with van der Waals surface area (Å²) in [6.07, 6.45) is -5.05. The fourth-order valence-corrected chi connectivity index (χ4v) is 7.86. The van der Waals surface area contributed by atoms with Crippen molar-refractivity contribution in [3.8, 4) is 28.7 Å². The highest BCUT2D eigenvalue weighted by atomic mass is 16.7. The molecule has 3 heterocycles. The van der Waals surface area contributed by atoms with E-state index in [2.05, 4.69) is 0 Å². The van der Waals surface area contributed by atoms with Crippen LogP contribution in [0.5, 0.6) is 28.7 Å². The van der Waals surface area contributed by atoms with Crippen LogP contribution in [0, 0.1) is 11.8 Å². The summed E-state index contributed by atoms with van der Waals surface area (Å²) in [5.74, 6) is -1.91. The van der Waals surface area contributed by atoms with Gasteiger partial charge in [0.15, 0.2) is 47.6 Å². The lowest BCUT2D eigenvalue weighted by molar-refractivity contribution is -0.316. The van der Waals surface area contributed by atoms with Gasteiger partial charge in [-0.15, -0.1) is 0 Å². The van der Waals surface area contributed by atoms with Crippen LogP contribution in [0.2, 0.25) is 0 Å². The molecule has 0 aromatic heterocycles. The molecule has 15 heteroatoms. The monoisotopic (exact) mass is 770 g/mol. The Morgan fingerprint density at radius 2 is 1.25 bits per heavy atom. The van der Waals surface area contributed by atoms with E-state index >= 15 is 0 Å². The van der Waals surface area contributed by atoms with Crippen LogP contribution in [-0.2, 0) is 47.6 Å². The van der Waals surface area contributed by atoms with Gasteiger partial charge in [-0.2, -0.15) is 0 Å². The van der Waals surface area contributed by atoms with Crippen LogP contribution in [0.25, 0.3) is 0 Å². The van der Waals surface area contributed by atoms with E-state index in [0.29, 0.717) is 64.7 Å². The molecular weight excluding hydrogens is 720 g/mol. The van der Waals surface area contributed by atoms with Gasteiger partial charge in [0, 0.05) is 31.1 Å². The Morgan fingerprint density at radius 1 is 0.709 bits per heavy atom. The van der Waals surface area contributed by atoms with E-state index < -0.39 is 78.4 Å². The third-order valence-electron chi connectivity index (χ3n) is 10.3. The summed E-state index contributed by atoms with van der Waals surface area (Å²) in [4.78, 5) is 53.0. The normalized spacial score (nSPS) is 27.6. The first-order valence-corrected chi connectivity index (χ1v) is 18.9. The molecule has 0 unspecified atom stereocenters. The summed E-state index contributed by atoms with van der Waals surface area (Å²) in [5.41, 5.74) is 2.02. The number of esters is 4. The quantitative estimate of drug-likeness (QED) is 0.168. The fraction of sp³-hybridized carbons (Fsp3) is 0.600. The highest BCUT2D eigenvalue weighted by Gasteiger charge is 2.57. The van der Waals surface area contributed by atoms with Gasteiger partial charge in [0.2, 0.25) is 12.5 Å². The first kappa shape index (κ1) is 39.9. The molecule has 1 aliphatic carbocycles. The number of rotatable bonds is 15. The van der Waals surface area contributed by atoms with Gasteiger partial charge in [-0.1, -0.05) is 20.8 Å². The van der Waals surface area contributed by atoms with Crippen molar-refractivity contribution in [1.82, 2.24) is 0 Å². The Bertz CT molecular complexity index is 1720. The molecule has 2 saturated heterocycles. The number of hydrogen-bond acceptors (Lipinski definition) is 15. The highest BCUT2D eigenvalue weighted by Crippen LogP contribution is 2.57. The molecule has 2 fully saturated rings. The van der Waals surface area contributed by atoms with Gasteiger partial charge in [-0.3, -0.25) is 19.2 Å². The van der Waals surface area contributed by atoms with Crippen LogP contribution in [0.4, 0.5) is 0 Å². The predicted molar refractivity (Wildman–Crippen MR) is 191 cm³/mol. The van der Waals surface area contributed by atoms with E-state index in [-0.39, 0.29) is 32.7 Å². The fourth-order valence-electron chi connectivity index (χ4n) is 7.86. The molecule has 2 aromatic rings. The van der Waals surface area contributed by atoms with Crippen molar-refractivity contribution in [2.24, 2.45) is 11.8 Å². The van der Waals surface area contributed by atoms with Crippen molar-refractivity contribution >= 4 is 23.9 Å². The van der Waals surface area contributed by atoms with Gasteiger partial charge in [0.1, 0.15) is 0 Å². The van der Waals surface area contributed by atoms with Gasteiger partial charge < -0.3 is 52.1 Å². The van der Waals surface area contributed by atoms with E-state index in [4.69, 9.17) is 52.1 Å². The first-order chi connectivity index (χ1) is 26.6. The third-order valence-corrected chi connectivity index (χ3v) is 10.3. The molecule has 4 aliphatic rings. The Balaban J connectivity index is 1.46. The zero-order valence-electron chi connectivity index (χ0n) is 32.3. The maximum atomic E-state index is 13.8. The van der Waals surface area contributed by atoms with Crippen LogP contribution < -0.4 is 23.7 Å². The van der Waals surface area contributed by atoms with Crippen LogP contribution >= 0.6 is 0 Å². The van der Waals surface area contributed by atoms with Crippen molar-refractivity contribution in [2.45, 2.75) is 109 Å². The molecule has 55 heavy (non-hydrogen) atoms. The number of carbonyl (C=O) groups is 4. The van der Waals surface area contributed by atoms with Crippen LogP contribution in [0.1, 0.15) is 94.9 Å². The lowest BCUT2D eigenvalue weighted by Crippen LogP contribution is -2.61. The maximum absolute atomic E-state index is 13.8. The van der Waals surface area contributed by atoms with Gasteiger partial charge >= 0.3 is 23.9 Å². The molecule has 2 aromatic carbocycles. The number of methoxy groups -OCH3 is 3. The Labute approximate surface area is 320 Å². The van der Waals surface area contributed by atoms with Crippen molar-refractivity contribution in [2.75, 3.05) is 34.7 Å². The van der Waals surface area contributed by atoms with E-state index in [9.17, 15) is 19.2 Å². The minimum atomic E-state index is -1.35. The molecule has 9 atom stereocenters. The minimum Gasteiger partial charge on any atom is -0.493 e. The number of fused-ring (bicyclic) bond motifs is 3. The zero-order valence-corrected chi connectivity index (χ0v) is 32.3. The third kappa shape index (κ3) is 7.99. The predicted octanol–water partition coefficient (Wildman–Crippen LogP) is 5.31. The largest absolute Gasteiger partial charge is 0.493 e. The number of benzene rings is 2. The van der Waals surface area contributed by atoms with Crippen LogP contribution in [0.3, 0.4) is 0 Å². The van der Waals surface area contributed by atoms with Crippen molar-refractivity contribution in [3.05, 3.63) is 41.0 Å². The lowest BCUT2D eigenvalue weighted by atomic mass is 9.66. The topological polar surface area (TPSA) is 170 Å². The molecule has 0 saturated carbocycles. The number of hydrogen-bond donors (Lipinski definition) is 0. The van der Waals surface area contributed by atoms with Gasteiger partial charge in [-0.05, 0) is 67.1 Å². The zero-order chi connectivity index (χ0) is 39.4. The van der Waals surface area contributed by atoms with E-state index in [1.807, 2.05) is 32.9 Å². The maximum Gasteiger partial charge on any atom is 0.310 e. The number of cyclic esters (lactones) is 1. The summed E-state index contributed by atoms with van der Waals surface area (Å²) >= 11 is 0. The van der Waals surface area contributed by atoms with Gasteiger partial charge in [0.25, 0.3) is 0 Å². The molecular formula is C40H50O15. The molecule has 0 N–H and O–H groups in total. The molecule has 0 radical (unpaired) electrons. The highest BCUT2D eigenvalue weighted by molar-refractivity contribution is 5.79. The standard InChI is InChI=1S/C40H50O15/c1-8-11-29(41)52-34-20(4)51-40(38(54-31(43)13-10-3)37(34)53-30(42)12-9-2)55-35-23-17-26-25(49-19-50-26)16-22(23)32(33-24(35)18-48-39(33)44)21-14-27(45-5)36(47-7)28(15-21)46-6/h14-17,20,24,32-35,37-38,40H,8-13,18-19H2,1-7H3/t20-,24-,32+,33-,34-,35+,37+,38+,40-/m0/s1. The molecule has 15 nitrogen and oxygen atoms in total. The summed E-state index contributed by atoms with van der Waals surface area (Å²) in [5, 5.41) is 0. The Hall–Kier alpha value is -4.76. The minimum absolute atomic E-state index is 0.00228. The Morgan fingerprint density at radius 3 is 1.80 bits per heavy atom. The second-order valence-corrected chi connectivity index (χ2v) is 14.0. The van der Waals surface area contributed by atoms with E-state index in [1.165, 1.54) is 21.3 Å². The average molecular weight is 771 g/mol. The van der Waals surface area contributed by atoms with Crippen molar-refractivity contribution in [3.63, 3.8) is 0 Å². The van der Waals surface area contributed by atoms with E-state index in [1.54, 1.807) is 19.1 Å². The number of carbonyl (C=O) groups excluding carboxylic acids is 4. The van der Waals surface area contributed by atoms with Crippen LogP contribution in [0.15, 0.2) is 24.3 Å². The smallest absolute Gasteiger partial charge is 0.310 e. The summed E-state index contributed by atoms with van der Waals surface area (Å²) in [6.45, 7) is 7.16. The SMILES string of the molecule is CCCC(=O)O[C@@H]1[C@@H](OC(=O)CCC)[C@H](C)O[C@@H](O[C@@H]2c3cc4c(cc3[C@@H](c3cc(OC)c(OC)c(OC)c3)[C@H]3C(=O)OC[C@@H]32)OCO4)[C@@H]1OC(=O)CCC. The molecule has 0 amide bonds. The summed E-state index contributed by atoms with van der Waals surface area (Å²) < 4.78 is 65.5. The van der Waals surface area contributed by atoms with Crippen molar-refractivity contribution < 1.29 is 71.3 Å². The van der Waals surface area contributed by atoms with E-state index in [0.717, 1.165) is 0 Å². The Kier molecular flexibility index (Phi) is 12.6. The molecule has 0 bridgehead atoms. The molecule has 0 spiro atoms. The molecule has 300 valence electrons. The second-order valence-electron chi connectivity index (χ2n) is 14.0. The average Bonchev–Trinajstić information content (AvgIpc) is 3.79. The first-order valence-electron chi connectivity index (χ1n) is 18.9. The molecule has 3 aliphatic heterocycles. The summed E-state index contributed by atoms with van der Waals surface area (Å²) in [7, 11) is 4.54. The lowest BCUT2D eigenvalue weighted by Gasteiger charge is -2.46. The van der Waals surface area contributed by atoms with Crippen LogP contribution in [-0.4, -0.2) is 89.3 Å². The molecule has 6 rings (SSSR count). The van der Waals surface area contributed by atoms with Gasteiger partial charge in [0.05, 0.1) is 46.1 Å². The number of ether oxygens (including phenoxy) is 11. The van der Waals surface area contributed by atoms with Crippen molar-refractivity contribution in [1.29, 1.82) is 0 Å². The summed E-state index contributed by atoms with van der Waals surface area (Å²) in [6, 6.07) is 7.24. The van der Waals surface area contributed by atoms with Gasteiger partial charge in [-0.25, -0.2) is 0 Å².